The zero-order valence-electron chi connectivity index (χ0n) is 10.5. The zero-order valence-corrected chi connectivity index (χ0v) is 10.5. The topological polar surface area (TPSA) is 66.8 Å². The molecule has 0 bridgehead atoms. The second kappa shape index (κ2) is 6.64. The number of aliphatic carboxylic acids is 1. The number of carboxylic acid groups (broad SMARTS) is 1. The van der Waals surface area contributed by atoms with Gasteiger partial charge in [-0.2, -0.15) is 0 Å². The van der Waals surface area contributed by atoms with E-state index in [4.69, 9.17) is 9.84 Å². The maximum atomic E-state index is 11.7. The number of amides is 1. The Morgan fingerprint density at radius 3 is 2.61 bits per heavy atom. The summed E-state index contributed by atoms with van der Waals surface area (Å²) in [6.45, 7) is -0.273. The number of hydrogen-bond donors (Lipinski definition) is 1. The Bertz CT molecular complexity index is 431. The number of benzene rings is 1. The van der Waals surface area contributed by atoms with Gasteiger partial charge in [-0.3, -0.25) is 9.59 Å². The molecule has 0 saturated heterocycles. The molecule has 18 heavy (non-hydrogen) atoms. The van der Waals surface area contributed by atoms with Crippen LogP contribution in [0, 0.1) is 0 Å². The zero-order chi connectivity index (χ0) is 13.5. The first-order chi connectivity index (χ1) is 8.54. The molecule has 0 saturated carbocycles. The minimum absolute atomic E-state index is 0.191. The normalized spacial score (nSPS) is 9.89. The Kier molecular flexibility index (Phi) is 5.17. The highest BCUT2D eigenvalue weighted by Gasteiger charge is 2.12. The third kappa shape index (κ3) is 4.08. The van der Waals surface area contributed by atoms with Crippen LogP contribution in [-0.2, 0) is 16.0 Å². The van der Waals surface area contributed by atoms with Crippen molar-refractivity contribution in [3.05, 3.63) is 29.8 Å². The van der Waals surface area contributed by atoms with Crippen molar-refractivity contribution in [1.82, 2.24) is 4.90 Å². The maximum Gasteiger partial charge on any atom is 0.323 e. The molecule has 5 heteroatoms. The van der Waals surface area contributed by atoms with Gasteiger partial charge in [0.25, 0.3) is 0 Å². The van der Waals surface area contributed by atoms with Gasteiger partial charge in [0.15, 0.2) is 0 Å². The highest BCUT2D eigenvalue weighted by molar-refractivity contribution is 5.81. The molecule has 1 N–H and O–H groups in total. The third-order valence-corrected chi connectivity index (χ3v) is 2.60. The monoisotopic (exact) mass is 251 g/mol. The fourth-order valence-corrected chi connectivity index (χ4v) is 1.63. The summed E-state index contributed by atoms with van der Waals surface area (Å²) in [7, 11) is 3.07. The van der Waals surface area contributed by atoms with E-state index >= 15 is 0 Å². The van der Waals surface area contributed by atoms with Gasteiger partial charge in [0, 0.05) is 13.5 Å². The Labute approximate surface area is 106 Å². The maximum absolute atomic E-state index is 11.7. The van der Waals surface area contributed by atoms with Crippen molar-refractivity contribution in [3.63, 3.8) is 0 Å². The summed E-state index contributed by atoms with van der Waals surface area (Å²) in [5.74, 6) is -0.461. The fraction of sp³-hybridized carbons (Fsp3) is 0.385. The lowest BCUT2D eigenvalue weighted by Crippen LogP contribution is -2.32. The molecule has 0 spiro atoms. The number of para-hydroxylation sites is 1. The van der Waals surface area contributed by atoms with Crippen LogP contribution < -0.4 is 4.74 Å². The Morgan fingerprint density at radius 1 is 1.33 bits per heavy atom. The van der Waals surface area contributed by atoms with E-state index in [1.807, 2.05) is 24.3 Å². The van der Waals surface area contributed by atoms with Crippen LogP contribution in [0.15, 0.2) is 24.3 Å². The first kappa shape index (κ1) is 14.0. The van der Waals surface area contributed by atoms with Crippen LogP contribution in [0.5, 0.6) is 5.75 Å². The van der Waals surface area contributed by atoms with Crippen LogP contribution in [-0.4, -0.2) is 42.6 Å². The van der Waals surface area contributed by atoms with E-state index < -0.39 is 5.97 Å². The van der Waals surface area contributed by atoms with E-state index in [2.05, 4.69) is 0 Å². The number of methoxy groups -OCH3 is 1. The lowest BCUT2D eigenvalue weighted by Gasteiger charge is -2.15. The van der Waals surface area contributed by atoms with E-state index in [9.17, 15) is 9.59 Å². The third-order valence-electron chi connectivity index (χ3n) is 2.60. The Hall–Kier alpha value is -2.04. The summed E-state index contributed by atoms with van der Waals surface area (Å²) >= 11 is 0. The molecule has 0 aliphatic rings. The standard InChI is InChI=1S/C13H17NO4/c1-14(9-13(16)17)12(15)8-7-10-5-3-4-6-11(10)18-2/h3-6H,7-9H2,1-2H3,(H,16,17). The minimum atomic E-state index is -1.01. The number of likely N-dealkylation sites (N-methyl/N-ethyl adjacent to an activating group) is 1. The average molecular weight is 251 g/mol. The van der Waals surface area contributed by atoms with Crippen molar-refractivity contribution in [3.8, 4) is 5.75 Å². The number of nitrogens with zero attached hydrogens (tertiary/aromatic N) is 1. The van der Waals surface area contributed by atoms with Gasteiger partial charge >= 0.3 is 5.97 Å². The molecule has 0 fully saturated rings. The van der Waals surface area contributed by atoms with Crippen LogP contribution in [0.3, 0.4) is 0 Å². The van der Waals surface area contributed by atoms with Crippen LogP contribution >= 0.6 is 0 Å². The largest absolute Gasteiger partial charge is 0.496 e. The molecule has 0 heterocycles. The molecule has 98 valence electrons. The first-order valence-electron chi connectivity index (χ1n) is 5.62. The van der Waals surface area contributed by atoms with E-state index in [0.29, 0.717) is 6.42 Å². The molecular weight excluding hydrogens is 234 g/mol. The van der Waals surface area contributed by atoms with Crippen LogP contribution in [0.1, 0.15) is 12.0 Å². The SMILES string of the molecule is COc1ccccc1CCC(=O)N(C)CC(=O)O. The molecule has 0 atom stereocenters. The minimum Gasteiger partial charge on any atom is -0.496 e. The van der Waals surface area contributed by atoms with Gasteiger partial charge < -0.3 is 14.7 Å². The van der Waals surface area contributed by atoms with Gasteiger partial charge in [-0.15, -0.1) is 0 Å². The van der Waals surface area contributed by atoms with Crippen molar-refractivity contribution in [2.45, 2.75) is 12.8 Å². The van der Waals surface area contributed by atoms with Gasteiger partial charge in [0.1, 0.15) is 12.3 Å². The fourth-order valence-electron chi connectivity index (χ4n) is 1.63. The highest BCUT2D eigenvalue weighted by Crippen LogP contribution is 2.18. The number of carbonyl (C=O) groups excluding carboxylic acids is 1. The lowest BCUT2D eigenvalue weighted by molar-refractivity contribution is -0.143. The summed E-state index contributed by atoms with van der Waals surface area (Å²) in [4.78, 5) is 23.4. The Morgan fingerprint density at radius 2 is 2.00 bits per heavy atom. The molecule has 1 rings (SSSR count). The summed E-state index contributed by atoms with van der Waals surface area (Å²) in [6, 6.07) is 7.47. The molecule has 1 aromatic carbocycles. The average Bonchev–Trinajstić information content (AvgIpc) is 2.35. The highest BCUT2D eigenvalue weighted by atomic mass is 16.5. The predicted molar refractivity (Wildman–Crippen MR) is 66.6 cm³/mol. The van der Waals surface area contributed by atoms with Crippen molar-refractivity contribution in [2.75, 3.05) is 20.7 Å². The van der Waals surface area contributed by atoms with Gasteiger partial charge in [0.2, 0.25) is 5.91 Å². The molecule has 1 amide bonds. The Balaban J connectivity index is 2.54. The van der Waals surface area contributed by atoms with E-state index in [1.165, 1.54) is 11.9 Å². The first-order valence-corrected chi connectivity index (χ1v) is 5.62. The summed E-state index contributed by atoms with van der Waals surface area (Å²) in [5.41, 5.74) is 0.942. The molecular formula is C13H17NO4. The van der Waals surface area contributed by atoms with Gasteiger partial charge in [0.05, 0.1) is 7.11 Å². The number of hydrogen-bond acceptors (Lipinski definition) is 3. The lowest BCUT2D eigenvalue weighted by atomic mass is 10.1. The predicted octanol–water partition coefficient (Wildman–Crippen LogP) is 1.17. The second-order valence-electron chi connectivity index (χ2n) is 3.96. The number of ether oxygens (including phenoxy) is 1. The van der Waals surface area contributed by atoms with E-state index in [-0.39, 0.29) is 18.9 Å². The number of carbonyl (C=O) groups is 2. The molecule has 0 radical (unpaired) electrons. The molecule has 1 aromatic rings. The van der Waals surface area contributed by atoms with Crippen molar-refractivity contribution >= 4 is 11.9 Å². The molecule has 5 nitrogen and oxygen atoms in total. The summed E-state index contributed by atoms with van der Waals surface area (Å²) in [5, 5.41) is 8.59. The molecule has 0 unspecified atom stereocenters. The van der Waals surface area contributed by atoms with Crippen molar-refractivity contribution < 1.29 is 19.4 Å². The van der Waals surface area contributed by atoms with E-state index in [0.717, 1.165) is 11.3 Å². The molecule has 0 aliphatic carbocycles. The van der Waals surface area contributed by atoms with Gasteiger partial charge in [-0.05, 0) is 18.1 Å². The van der Waals surface area contributed by atoms with Gasteiger partial charge in [-0.25, -0.2) is 0 Å². The summed E-state index contributed by atoms with van der Waals surface area (Å²) in [6.07, 6.45) is 0.803. The van der Waals surface area contributed by atoms with Crippen LogP contribution in [0.2, 0.25) is 0 Å². The van der Waals surface area contributed by atoms with Crippen LogP contribution in [0.25, 0.3) is 0 Å². The van der Waals surface area contributed by atoms with Crippen molar-refractivity contribution in [1.29, 1.82) is 0 Å². The van der Waals surface area contributed by atoms with Crippen LogP contribution in [0.4, 0.5) is 0 Å². The molecule has 0 aromatic heterocycles. The number of rotatable bonds is 6. The van der Waals surface area contributed by atoms with Crippen molar-refractivity contribution in [2.24, 2.45) is 0 Å². The smallest absolute Gasteiger partial charge is 0.323 e. The quantitative estimate of drug-likeness (QED) is 0.824. The number of aryl methyl sites for hydroxylation is 1. The second-order valence-corrected chi connectivity index (χ2v) is 3.96. The van der Waals surface area contributed by atoms with Gasteiger partial charge in [-0.1, -0.05) is 18.2 Å². The number of carboxylic acids is 1. The molecule has 0 aliphatic heterocycles. The summed E-state index contributed by atoms with van der Waals surface area (Å²) < 4.78 is 5.18. The van der Waals surface area contributed by atoms with E-state index in [1.54, 1.807) is 7.11 Å².